The van der Waals surface area contributed by atoms with Gasteiger partial charge >= 0.3 is 0 Å². The Morgan fingerprint density at radius 1 is 1.43 bits per heavy atom. The van der Waals surface area contributed by atoms with Crippen molar-refractivity contribution in [1.82, 2.24) is 4.98 Å². The van der Waals surface area contributed by atoms with Gasteiger partial charge < -0.3 is 10.2 Å². The van der Waals surface area contributed by atoms with Crippen LogP contribution >= 0.6 is 15.9 Å². The maximum Gasteiger partial charge on any atom is 0.209 e. The maximum absolute atomic E-state index is 5.53. The van der Waals surface area contributed by atoms with E-state index < -0.39 is 0 Å². The lowest BCUT2D eigenvalue weighted by atomic mass is 10.1. The standard InChI is InChI=1S/C10H11BrN2O/c1-5-6(2)10-8(3-7(5)11)13-9(4-12)14-10/h3H,4,12H2,1-2H3. The van der Waals surface area contributed by atoms with Gasteiger partial charge in [0.2, 0.25) is 5.89 Å². The molecule has 0 aliphatic rings. The highest BCUT2D eigenvalue weighted by Gasteiger charge is 2.11. The highest BCUT2D eigenvalue weighted by atomic mass is 79.9. The number of nitrogens with two attached hydrogens (primary N) is 1. The molecule has 1 heterocycles. The Morgan fingerprint density at radius 2 is 2.14 bits per heavy atom. The number of nitrogens with zero attached hydrogens (tertiary/aromatic N) is 1. The highest BCUT2D eigenvalue weighted by Crippen LogP contribution is 2.28. The number of aryl methyl sites for hydroxylation is 1. The molecule has 0 bridgehead atoms. The molecule has 0 spiro atoms. The van der Waals surface area contributed by atoms with Crippen LogP contribution in [0.4, 0.5) is 0 Å². The van der Waals surface area contributed by atoms with Gasteiger partial charge in [-0.2, -0.15) is 0 Å². The summed E-state index contributed by atoms with van der Waals surface area (Å²) in [4.78, 5) is 4.27. The van der Waals surface area contributed by atoms with Crippen LogP contribution in [0.1, 0.15) is 17.0 Å². The van der Waals surface area contributed by atoms with Crippen LogP contribution in [0.2, 0.25) is 0 Å². The third-order valence-electron chi connectivity index (χ3n) is 2.40. The summed E-state index contributed by atoms with van der Waals surface area (Å²) in [6.07, 6.45) is 0. The molecule has 14 heavy (non-hydrogen) atoms. The Balaban J connectivity index is 2.81. The molecule has 2 aromatic rings. The molecule has 1 aromatic heterocycles. The Labute approximate surface area is 90.4 Å². The molecule has 74 valence electrons. The van der Waals surface area contributed by atoms with E-state index in [1.165, 1.54) is 5.56 Å². The molecule has 0 amide bonds. The SMILES string of the molecule is Cc1c(Br)cc2nc(CN)oc2c1C. The second-order valence-corrected chi connectivity index (χ2v) is 4.12. The van der Waals surface area contributed by atoms with Crippen molar-refractivity contribution in [3.05, 3.63) is 27.6 Å². The molecule has 0 aliphatic carbocycles. The van der Waals surface area contributed by atoms with Crippen LogP contribution in [-0.4, -0.2) is 4.98 Å². The van der Waals surface area contributed by atoms with Gasteiger partial charge in [-0.05, 0) is 31.0 Å². The van der Waals surface area contributed by atoms with E-state index >= 15 is 0 Å². The number of benzene rings is 1. The predicted molar refractivity (Wildman–Crippen MR) is 59.1 cm³/mol. The van der Waals surface area contributed by atoms with Gasteiger partial charge in [0.05, 0.1) is 6.54 Å². The summed E-state index contributed by atoms with van der Waals surface area (Å²) in [6.45, 7) is 4.40. The molecule has 0 fully saturated rings. The fourth-order valence-corrected chi connectivity index (χ4v) is 1.92. The Bertz CT molecular complexity index is 490. The van der Waals surface area contributed by atoms with Crippen LogP contribution in [0.15, 0.2) is 15.0 Å². The van der Waals surface area contributed by atoms with E-state index in [4.69, 9.17) is 10.2 Å². The topological polar surface area (TPSA) is 52.0 Å². The zero-order valence-corrected chi connectivity index (χ0v) is 9.68. The van der Waals surface area contributed by atoms with Crippen LogP contribution in [0.3, 0.4) is 0 Å². The fraction of sp³-hybridized carbons (Fsp3) is 0.300. The minimum atomic E-state index is 0.338. The van der Waals surface area contributed by atoms with Gasteiger partial charge in [-0.15, -0.1) is 0 Å². The minimum Gasteiger partial charge on any atom is -0.439 e. The molecular formula is C10H11BrN2O. The molecule has 1 aromatic carbocycles. The van der Waals surface area contributed by atoms with Crippen LogP contribution in [-0.2, 0) is 6.54 Å². The van der Waals surface area contributed by atoms with Crippen molar-refractivity contribution in [3.63, 3.8) is 0 Å². The molecule has 4 heteroatoms. The molecule has 3 nitrogen and oxygen atoms in total. The summed E-state index contributed by atoms with van der Waals surface area (Å²) in [6, 6.07) is 1.96. The van der Waals surface area contributed by atoms with Crippen molar-refractivity contribution in [1.29, 1.82) is 0 Å². The number of hydrogen-bond donors (Lipinski definition) is 1. The molecule has 0 saturated carbocycles. The van der Waals surface area contributed by atoms with Crippen molar-refractivity contribution < 1.29 is 4.42 Å². The number of rotatable bonds is 1. The van der Waals surface area contributed by atoms with Crippen LogP contribution in [0, 0.1) is 13.8 Å². The first-order chi connectivity index (χ1) is 6.63. The van der Waals surface area contributed by atoms with E-state index in [2.05, 4.69) is 20.9 Å². The van der Waals surface area contributed by atoms with E-state index in [1.54, 1.807) is 0 Å². The van der Waals surface area contributed by atoms with Crippen LogP contribution < -0.4 is 5.73 Å². The third kappa shape index (κ3) is 1.35. The molecule has 0 radical (unpaired) electrons. The van der Waals surface area contributed by atoms with Gasteiger partial charge in [0.15, 0.2) is 5.58 Å². The lowest BCUT2D eigenvalue weighted by molar-refractivity contribution is 0.531. The fourth-order valence-electron chi connectivity index (χ4n) is 1.41. The van der Waals surface area contributed by atoms with Gasteiger partial charge in [0.1, 0.15) is 5.52 Å². The molecular weight excluding hydrogens is 244 g/mol. The maximum atomic E-state index is 5.53. The number of fused-ring (bicyclic) bond motifs is 1. The summed E-state index contributed by atoms with van der Waals surface area (Å²) < 4.78 is 6.58. The summed E-state index contributed by atoms with van der Waals surface area (Å²) in [5.74, 6) is 0.584. The first kappa shape index (κ1) is 9.68. The predicted octanol–water partition coefficient (Wildman–Crippen LogP) is 2.67. The van der Waals surface area contributed by atoms with E-state index in [0.29, 0.717) is 12.4 Å². The smallest absolute Gasteiger partial charge is 0.209 e. The molecule has 0 saturated heterocycles. The molecule has 2 N–H and O–H groups in total. The lowest BCUT2D eigenvalue weighted by Gasteiger charge is -2.01. The summed E-state index contributed by atoms with van der Waals surface area (Å²) in [5, 5.41) is 0. The second-order valence-electron chi connectivity index (χ2n) is 3.27. The Hall–Kier alpha value is -0.870. The largest absolute Gasteiger partial charge is 0.439 e. The Morgan fingerprint density at radius 3 is 2.79 bits per heavy atom. The summed E-state index contributed by atoms with van der Waals surface area (Å²) >= 11 is 3.49. The van der Waals surface area contributed by atoms with Gasteiger partial charge in [-0.1, -0.05) is 15.9 Å². The average molecular weight is 255 g/mol. The Kier molecular flexibility index (Phi) is 2.33. The minimum absolute atomic E-state index is 0.338. The van der Waals surface area contributed by atoms with E-state index in [9.17, 15) is 0 Å². The normalized spacial score (nSPS) is 11.1. The lowest BCUT2D eigenvalue weighted by Crippen LogP contribution is -1.94. The van der Waals surface area contributed by atoms with Crippen molar-refractivity contribution in [2.24, 2.45) is 5.73 Å². The number of oxazole rings is 1. The second kappa shape index (κ2) is 3.37. The molecule has 0 atom stereocenters. The van der Waals surface area contributed by atoms with Crippen LogP contribution in [0.25, 0.3) is 11.1 Å². The zero-order valence-electron chi connectivity index (χ0n) is 8.10. The van der Waals surface area contributed by atoms with E-state index in [-0.39, 0.29) is 0 Å². The number of aromatic nitrogens is 1. The van der Waals surface area contributed by atoms with Gasteiger partial charge in [0, 0.05) is 4.47 Å². The number of halogens is 1. The van der Waals surface area contributed by atoms with Crippen molar-refractivity contribution in [2.45, 2.75) is 20.4 Å². The summed E-state index contributed by atoms with van der Waals surface area (Å²) in [7, 11) is 0. The average Bonchev–Trinajstić information content (AvgIpc) is 2.57. The molecule has 0 aliphatic heterocycles. The van der Waals surface area contributed by atoms with Gasteiger partial charge in [-0.3, -0.25) is 0 Å². The van der Waals surface area contributed by atoms with Gasteiger partial charge in [-0.25, -0.2) is 4.98 Å². The van der Waals surface area contributed by atoms with Crippen molar-refractivity contribution in [3.8, 4) is 0 Å². The first-order valence-electron chi connectivity index (χ1n) is 4.38. The zero-order chi connectivity index (χ0) is 10.3. The monoisotopic (exact) mass is 254 g/mol. The van der Waals surface area contributed by atoms with Crippen molar-refractivity contribution >= 4 is 27.0 Å². The number of hydrogen-bond acceptors (Lipinski definition) is 3. The summed E-state index contributed by atoms with van der Waals surface area (Å²) in [5.41, 5.74) is 9.46. The van der Waals surface area contributed by atoms with Crippen LogP contribution in [0.5, 0.6) is 0 Å². The highest BCUT2D eigenvalue weighted by molar-refractivity contribution is 9.10. The van der Waals surface area contributed by atoms with Crippen molar-refractivity contribution in [2.75, 3.05) is 0 Å². The first-order valence-corrected chi connectivity index (χ1v) is 5.18. The molecule has 2 rings (SSSR count). The third-order valence-corrected chi connectivity index (χ3v) is 3.22. The van der Waals surface area contributed by atoms with E-state index in [1.807, 2.05) is 19.9 Å². The van der Waals surface area contributed by atoms with E-state index in [0.717, 1.165) is 21.1 Å². The van der Waals surface area contributed by atoms with Gasteiger partial charge in [0.25, 0.3) is 0 Å². The quantitative estimate of drug-likeness (QED) is 0.852. The molecule has 0 unspecified atom stereocenters.